The third kappa shape index (κ3) is 3.82. The second-order valence-electron chi connectivity index (χ2n) is 6.40. The Morgan fingerprint density at radius 1 is 1.29 bits per heavy atom. The highest BCUT2D eigenvalue weighted by Crippen LogP contribution is 2.35. The van der Waals surface area contributed by atoms with Gasteiger partial charge >= 0.3 is 5.97 Å². The number of amides is 1. The Bertz CT molecular complexity index is 761. The summed E-state index contributed by atoms with van der Waals surface area (Å²) in [6.07, 6.45) is 1.74. The fraction of sp³-hybridized carbons (Fsp3) is 0.389. The van der Waals surface area contributed by atoms with E-state index in [1.165, 1.54) is 16.9 Å². The second-order valence-corrected chi connectivity index (χ2v) is 7.49. The zero-order valence-corrected chi connectivity index (χ0v) is 14.5. The van der Waals surface area contributed by atoms with Crippen LogP contribution >= 0.6 is 11.3 Å². The third-order valence-electron chi connectivity index (χ3n) is 4.04. The molecule has 6 heteroatoms. The van der Waals surface area contributed by atoms with Crippen LogP contribution in [0.2, 0.25) is 0 Å². The summed E-state index contributed by atoms with van der Waals surface area (Å²) >= 11 is 1.24. The molecule has 0 spiro atoms. The Hall–Kier alpha value is -2.21. The average Bonchev–Trinajstić information content (AvgIpc) is 3.30. The number of hydrogen-bond donors (Lipinski definition) is 2. The number of aliphatic carboxylic acids is 1. The van der Waals surface area contributed by atoms with E-state index >= 15 is 0 Å². The normalized spacial score (nSPS) is 14.0. The van der Waals surface area contributed by atoms with Crippen LogP contribution in [0.1, 0.15) is 43.0 Å². The van der Waals surface area contributed by atoms with Crippen molar-refractivity contribution in [3.8, 4) is 11.3 Å². The molecule has 1 aliphatic carbocycles. The molecule has 126 valence electrons. The van der Waals surface area contributed by atoms with Crippen molar-refractivity contribution < 1.29 is 14.7 Å². The van der Waals surface area contributed by atoms with Crippen LogP contribution in [0, 0.1) is 5.92 Å². The van der Waals surface area contributed by atoms with Gasteiger partial charge in [0.25, 0.3) is 0 Å². The highest BCUT2D eigenvalue weighted by Gasteiger charge is 2.30. The molecule has 0 aliphatic heterocycles. The first kappa shape index (κ1) is 16.6. The van der Waals surface area contributed by atoms with Gasteiger partial charge in [0.1, 0.15) is 0 Å². The van der Waals surface area contributed by atoms with Crippen LogP contribution in [-0.4, -0.2) is 22.0 Å². The van der Waals surface area contributed by atoms with Crippen molar-refractivity contribution in [2.24, 2.45) is 5.92 Å². The summed E-state index contributed by atoms with van der Waals surface area (Å²) in [6, 6.07) is 7.99. The van der Waals surface area contributed by atoms with E-state index in [2.05, 4.69) is 24.1 Å². The molecule has 0 saturated heterocycles. The first-order valence-electron chi connectivity index (χ1n) is 8.06. The molecule has 0 radical (unpaired) electrons. The first-order chi connectivity index (χ1) is 11.4. The monoisotopic (exact) mass is 344 g/mol. The Morgan fingerprint density at radius 3 is 2.50 bits per heavy atom. The maximum Gasteiger partial charge on any atom is 0.308 e. The van der Waals surface area contributed by atoms with Crippen molar-refractivity contribution in [1.29, 1.82) is 0 Å². The number of nitrogens with zero attached hydrogens (tertiary/aromatic N) is 1. The largest absolute Gasteiger partial charge is 0.481 e. The molecule has 1 heterocycles. The van der Waals surface area contributed by atoms with E-state index in [0.29, 0.717) is 21.6 Å². The molecule has 24 heavy (non-hydrogen) atoms. The quantitative estimate of drug-likeness (QED) is 0.833. The molecule has 0 bridgehead atoms. The summed E-state index contributed by atoms with van der Waals surface area (Å²) < 4.78 is 0. The molecule has 5 nitrogen and oxygen atoms in total. The lowest BCUT2D eigenvalue weighted by Gasteiger charge is -2.06. The van der Waals surface area contributed by atoms with Gasteiger partial charge in [-0.05, 0) is 24.3 Å². The number of nitrogens with one attached hydrogen (secondary N) is 1. The second kappa shape index (κ2) is 6.73. The van der Waals surface area contributed by atoms with E-state index in [0.717, 1.165) is 18.4 Å². The van der Waals surface area contributed by atoms with Crippen molar-refractivity contribution in [2.75, 3.05) is 5.32 Å². The molecule has 1 aromatic carbocycles. The molecular formula is C18H20N2O3S. The van der Waals surface area contributed by atoms with Gasteiger partial charge in [0, 0.05) is 16.4 Å². The Kier molecular flexibility index (Phi) is 4.66. The third-order valence-corrected chi connectivity index (χ3v) is 5.01. The molecule has 1 aromatic heterocycles. The van der Waals surface area contributed by atoms with Gasteiger partial charge in [-0.25, -0.2) is 4.98 Å². The predicted octanol–water partition coefficient (Wildman–Crippen LogP) is 3.91. The van der Waals surface area contributed by atoms with Crippen LogP contribution in [0.5, 0.6) is 0 Å². The van der Waals surface area contributed by atoms with Gasteiger partial charge in [-0.15, -0.1) is 11.3 Å². The molecule has 3 rings (SSSR count). The van der Waals surface area contributed by atoms with Gasteiger partial charge < -0.3 is 10.4 Å². The fourth-order valence-corrected chi connectivity index (χ4v) is 3.44. The number of anilines is 1. The molecule has 1 amide bonds. The minimum absolute atomic E-state index is 0.0210. The summed E-state index contributed by atoms with van der Waals surface area (Å²) in [5, 5.41) is 12.4. The fourth-order valence-electron chi connectivity index (χ4n) is 2.47. The SMILES string of the molecule is CC(C)c1ccc(-c2nc(NC(=O)C3CC3)sc2CC(=O)O)cc1. The van der Waals surface area contributed by atoms with Crippen molar-refractivity contribution in [3.05, 3.63) is 34.7 Å². The van der Waals surface area contributed by atoms with E-state index in [1.807, 2.05) is 24.3 Å². The maximum absolute atomic E-state index is 11.9. The summed E-state index contributed by atoms with van der Waals surface area (Å²) in [6.45, 7) is 4.25. The Balaban J connectivity index is 1.89. The van der Waals surface area contributed by atoms with Crippen LogP contribution < -0.4 is 5.32 Å². The zero-order chi connectivity index (χ0) is 17.3. The molecule has 0 atom stereocenters. The molecule has 0 unspecified atom stereocenters. The van der Waals surface area contributed by atoms with E-state index in [-0.39, 0.29) is 18.2 Å². The Labute approximate surface area is 144 Å². The molecule has 1 fully saturated rings. The smallest absolute Gasteiger partial charge is 0.308 e. The van der Waals surface area contributed by atoms with Crippen LogP contribution in [0.15, 0.2) is 24.3 Å². The van der Waals surface area contributed by atoms with E-state index in [1.54, 1.807) is 0 Å². The topological polar surface area (TPSA) is 79.3 Å². The number of aromatic nitrogens is 1. The van der Waals surface area contributed by atoms with E-state index in [9.17, 15) is 9.59 Å². The number of carboxylic acid groups (broad SMARTS) is 1. The highest BCUT2D eigenvalue weighted by atomic mass is 32.1. The molecular weight excluding hydrogens is 324 g/mol. The number of rotatable bonds is 6. The van der Waals surface area contributed by atoms with Crippen molar-refractivity contribution >= 4 is 28.3 Å². The zero-order valence-electron chi connectivity index (χ0n) is 13.7. The van der Waals surface area contributed by atoms with Gasteiger partial charge in [0.15, 0.2) is 5.13 Å². The number of thiazole rings is 1. The van der Waals surface area contributed by atoms with Crippen molar-refractivity contribution in [3.63, 3.8) is 0 Å². The Morgan fingerprint density at radius 2 is 1.96 bits per heavy atom. The lowest BCUT2D eigenvalue weighted by Crippen LogP contribution is -2.12. The summed E-state index contributed by atoms with van der Waals surface area (Å²) in [5.74, 6) is -0.405. The van der Waals surface area contributed by atoms with E-state index in [4.69, 9.17) is 5.11 Å². The number of hydrogen-bond acceptors (Lipinski definition) is 4. The predicted molar refractivity (Wildman–Crippen MR) is 94.3 cm³/mol. The van der Waals surface area contributed by atoms with Crippen LogP contribution in [0.4, 0.5) is 5.13 Å². The minimum atomic E-state index is -0.904. The molecule has 2 N–H and O–H groups in total. The minimum Gasteiger partial charge on any atom is -0.481 e. The molecule has 1 aliphatic rings. The van der Waals surface area contributed by atoms with Crippen molar-refractivity contribution in [1.82, 2.24) is 4.98 Å². The van der Waals surface area contributed by atoms with Crippen LogP contribution in [0.25, 0.3) is 11.3 Å². The number of carboxylic acids is 1. The highest BCUT2D eigenvalue weighted by molar-refractivity contribution is 7.16. The van der Waals surface area contributed by atoms with Gasteiger partial charge in [0.2, 0.25) is 5.91 Å². The summed E-state index contributed by atoms with van der Waals surface area (Å²) in [4.78, 5) is 28.2. The number of carbonyl (C=O) groups excluding carboxylic acids is 1. The molecule has 2 aromatic rings. The molecule has 1 saturated carbocycles. The number of benzene rings is 1. The van der Waals surface area contributed by atoms with Gasteiger partial charge in [-0.1, -0.05) is 38.1 Å². The van der Waals surface area contributed by atoms with Crippen LogP contribution in [0.3, 0.4) is 0 Å². The summed E-state index contributed by atoms with van der Waals surface area (Å²) in [5.41, 5.74) is 2.73. The lowest BCUT2D eigenvalue weighted by molar-refractivity contribution is -0.136. The average molecular weight is 344 g/mol. The van der Waals surface area contributed by atoms with Gasteiger partial charge in [-0.2, -0.15) is 0 Å². The first-order valence-corrected chi connectivity index (χ1v) is 8.88. The summed E-state index contributed by atoms with van der Waals surface area (Å²) in [7, 11) is 0. The van der Waals surface area contributed by atoms with E-state index < -0.39 is 5.97 Å². The number of carbonyl (C=O) groups is 2. The van der Waals surface area contributed by atoms with Crippen molar-refractivity contribution in [2.45, 2.75) is 39.0 Å². The van der Waals surface area contributed by atoms with Gasteiger partial charge in [-0.3, -0.25) is 9.59 Å². The van der Waals surface area contributed by atoms with Crippen LogP contribution in [-0.2, 0) is 16.0 Å². The van der Waals surface area contributed by atoms with Gasteiger partial charge in [0.05, 0.1) is 12.1 Å². The standard InChI is InChI=1S/C18H20N2O3S/c1-10(2)11-3-5-12(6-4-11)16-14(9-15(21)22)24-18(19-16)20-17(23)13-7-8-13/h3-6,10,13H,7-9H2,1-2H3,(H,21,22)(H,19,20,23). The lowest BCUT2D eigenvalue weighted by atomic mass is 10.0. The maximum atomic E-state index is 11.9.